The Morgan fingerprint density at radius 2 is 2.15 bits per heavy atom. The second-order valence-corrected chi connectivity index (χ2v) is 6.35. The van der Waals surface area contributed by atoms with E-state index in [1.165, 1.54) is 0 Å². The zero-order valence-electron chi connectivity index (χ0n) is 15.0. The van der Waals surface area contributed by atoms with Crippen LogP contribution in [0.25, 0.3) is 0 Å². The fourth-order valence-electron chi connectivity index (χ4n) is 2.98. The standard InChI is InChI=1S/C19H23N3O4/c1-12-5-3-7-20-17(12)21-8-9-22-18(23)16-13(2)11-15(26-19(16)24)14-6-4-10-25-14/h3,5,7,11,14H,4,6,8-10H2,1-2H3,(H,20,21)(H,22,23). The summed E-state index contributed by atoms with van der Waals surface area (Å²) in [6, 6.07) is 5.55. The average molecular weight is 357 g/mol. The van der Waals surface area contributed by atoms with Gasteiger partial charge in [-0.15, -0.1) is 0 Å². The lowest BCUT2D eigenvalue weighted by Gasteiger charge is -2.12. The van der Waals surface area contributed by atoms with Crippen molar-refractivity contribution in [1.29, 1.82) is 0 Å². The molecule has 2 N–H and O–H groups in total. The molecule has 2 aromatic heterocycles. The summed E-state index contributed by atoms with van der Waals surface area (Å²) >= 11 is 0. The molecule has 0 aliphatic carbocycles. The Bertz CT molecular complexity index is 841. The van der Waals surface area contributed by atoms with Crippen LogP contribution in [0.4, 0.5) is 5.82 Å². The molecular formula is C19H23N3O4. The molecular weight excluding hydrogens is 334 g/mol. The molecule has 1 unspecified atom stereocenters. The lowest BCUT2D eigenvalue weighted by atomic mass is 10.1. The summed E-state index contributed by atoms with van der Waals surface area (Å²) < 4.78 is 10.9. The van der Waals surface area contributed by atoms with Gasteiger partial charge in [0.25, 0.3) is 5.91 Å². The fourth-order valence-corrected chi connectivity index (χ4v) is 2.98. The molecule has 26 heavy (non-hydrogen) atoms. The summed E-state index contributed by atoms with van der Waals surface area (Å²) in [7, 11) is 0. The highest BCUT2D eigenvalue weighted by molar-refractivity contribution is 5.95. The third-order valence-corrected chi connectivity index (χ3v) is 4.35. The van der Waals surface area contributed by atoms with Gasteiger partial charge >= 0.3 is 5.63 Å². The SMILES string of the molecule is Cc1cccnc1NCCNC(=O)c1c(C)cc(C2CCCO2)oc1=O. The number of pyridine rings is 1. The number of anilines is 1. The second kappa shape index (κ2) is 8.14. The van der Waals surface area contributed by atoms with Gasteiger partial charge in [0.05, 0.1) is 0 Å². The van der Waals surface area contributed by atoms with Crippen LogP contribution in [0.1, 0.15) is 46.2 Å². The third-order valence-electron chi connectivity index (χ3n) is 4.35. The molecule has 1 aliphatic heterocycles. The van der Waals surface area contributed by atoms with Crippen LogP contribution in [-0.4, -0.2) is 30.6 Å². The number of amides is 1. The molecule has 2 aromatic rings. The van der Waals surface area contributed by atoms with Gasteiger partial charge in [-0.1, -0.05) is 6.07 Å². The van der Waals surface area contributed by atoms with Crippen molar-refractivity contribution >= 4 is 11.7 Å². The Labute approximate surface area is 151 Å². The zero-order valence-corrected chi connectivity index (χ0v) is 15.0. The van der Waals surface area contributed by atoms with Crippen LogP contribution >= 0.6 is 0 Å². The molecule has 1 saturated heterocycles. The first-order valence-electron chi connectivity index (χ1n) is 8.76. The Balaban J connectivity index is 1.59. The molecule has 0 radical (unpaired) electrons. The molecule has 1 atom stereocenters. The summed E-state index contributed by atoms with van der Waals surface area (Å²) in [5.74, 6) is 0.835. The van der Waals surface area contributed by atoms with Gasteiger partial charge in [0.2, 0.25) is 0 Å². The normalized spacial score (nSPS) is 16.5. The number of carbonyl (C=O) groups excluding carboxylic acids is 1. The molecule has 7 heteroatoms. The van der Waals surface area contributed by atoms with Crippen molar-refractivity contribution in [2.24, 2.45) is 0 Å². The number of carbonyl (C=O) groups is 1. The quantitative estimate of drug-likeness (QED) is 0.771. The van der Waals surface area contributed by atoms with Gasteiger partial charge in [-0.3, -0.25) is 4.79 Å². The van der Waals surface area contributed by atoms with E-state index in [0.717, 1.165) is 24.2 Å². The minimum Gasteiger partial charge on any atom is -0.424 e. The number of nitrogens with zero attached hydrogens (tertiary/aromatic N) is 1. The molecule has 0 spiro atoms. The highest BCUT2D eigenvalue weighted by atomic mass is 16.5. The lowest BCUT2D eigenvalue weighted by Crippen LogP contribution is -2.33. The van der Waals surface area contributed by atoms with Crippen LogP contribution in [0.15, 0.2) is 33.6 Å². The van der Waals surface area contributed by atoms with E-state index in [-0.39, 0.29) is 11.7 Å². The van der Waals surface area contributed by atoms with Crippen molar-refractivity contribution in [3.8, 4) is 0 Å². The third kappa shape index (κ3) is 4.11. The van der Waals surface area contributed by atoms with E-state index in [9.17, 15) is 9.59 Å². The summed E-state index contributed by atoms with van der Waals surface area (Å²) in [5.41, 5.74) is 1.04. The molecule has 1 fully saturated rings. The summed E-state index contributed by atoms with van der Waals surface area (Å²) in [6.07, 6.45) is 3.28. The number of nitrogens with one attached hydrogen (secondary N) is 2. The first-order valence-corrected chi connectivity index (χ1v) is 8.76. The molecule has 7 nitrogen and oxygen atoms in total. The van der Waals surface area contributed by atoms with Crippen LogP contribution in [0, 0.1) is 13.8 Å². The Morgan fingerprint density at radius 1 is 1.31 bits per heavy atom. The first kappa shape index (κ1) is 18.1. The van der Waals surface area contributed by atoms with Gasteiger partial charge in [0, 0.05) is 25.9 Å². The van der Waals surface area contributed by atoms with Crippen LogP contribution in [0.3, 0.4) is 0 Å². The maximum absolute atomic E-state index is 12.4. The van der Waals surface area contributed by atoms with E-state index in [0.29, 0.717) is 31.0 Å². The van der Waals surface area contributed by atoms with Gasteiger partial charge in [-0.25, -0.2) is 9.78 Å². The minimum absolute atomic E-state index is 0.0424. The number of rotatable bonds is 6. The molecule has 3 rings (SSSR count). The van der Waals surface area contributed by atoms with E-state index in [1.54, 1.807) is 19.2 Å². The van der Waals surface area contributed by atoms with Crippen LogP contribution in [-0.2, 0) is 4.74 Å². The number of hydrogen-bond donors (Lipinski definition) is 2. The summed E-state index contributed by atoms with van der Waals surface area (Å²) in [6.45, 7) is 5.22. The van der Waals surface area contributed by atoms with Crippen molar-refractivity contribution in [2.75, 3.05) is 25.0 Å². The molecule has 0 bridgehead atoms. The van der Waals surface area contributed by atoms with E-state index in [4.69, 9.17) is 9.15 Å². The molecule has 0 saturated carbocycles. The maximum Gasteiger partial charge on any atom is 0.349 e. The van der Waals surface area contributed by atoms with Gasteiger partial charge < -0.3 is 19.8 Å². The van der Waals surface area contributed by atoms with Gasteiger partial charge in [0.1, 0.15) is 23.2 Å². The van der Waals surface area contributed by atoms with Crippen LogP contribution < -0.4 is 16.3 Å². The fraction of sp³-hybridized carbons (Fsp3) is 0.421. The zero-order chi connectivity index (χ0) is 18.5. The second-order valence-electron chi connectivity index (χ2n) is 6.35. The van der Waals surface area contributed by atoms with Gasteiger partial charge in [-0.05, 0) is 49.9 Å². The monoisotopic (exact) mass is 357 g/mol. The van der Waals surface area contributed by atoms with Crippen molar-refractivity contribution in [3.05, 3.63) is 57.3 Å². The smallest absolute Gasteiger partial charge is 0.349 e. The minimum atomic E-state index is -0.624. The van der Waals surface area contributed by atoms with Crippen molar-refractivity contribution in [3.63, 3.8) is 0 Å². The average Bonchev–Trinajstić information content (AvgIpc) is 3.14. The van der Waals surface area contributed by atoms with Crippen molar-refractivity contribution < 1.29 is 13.9 Å². The number of aryl methyl sites for hydroxylation is 2. The van der Waals surface area contributed by atoms with E-state index < -0.39 is 11.5 Å². The Morgan fingerprint density at radius 3 is 2.85 bits per heavy atom. The number of aromatic nitrogens is 1. The van der Waals surface area contributed by atoms with Gasteiger partial charge in [0.15, 0.2) is 0 Å². The highest BCUT2D eigenvalue weighted by Gasteiger charge is 2.24. The first-order chi connectivity index (χ1) is 12.6. The van der Waals surface area contributed by atoms with E-state index >= 15 is 0 Å². The Hall–Kier alpha value is -2.67. The van der Waals surface area contributed by atoms with Crippen molar-refractivity contribution in [2.45, 2.75) is 32.8 Å². The van der Waals surface area contributed by atoms with E-state index in [2.05, 4.69) is 15.6 Å². The highest BCUT2D eigenvalue weighted by Crippen LogP contribution is 2.28. The molecule has 1 aliphatic rings. The maximum atomic E-state index is 12.4. The van der Waals surface area contributed by atoms with Gasteiger partial charge in [-0.2, -0.15) is 0 Å². The molecule has 138 valence electrons. The van der Waals surface area contributed by atoms with Crippen molar-refractivity contribution in [1.82, 2.24) is 10.3 Å². The molecule has 3 heterocycles. The topological polar surface area (TPSA) is 93.5 Å². The number of ether oxygens (including phenoxy) is 1. The lowest BCUT2D eigenvalue weighted by molar-refractivity contribution is 0.0884. The number of hydrogen-bond acceptors (Lipinski definition) is 6. The predicted octanol–water partition coefficient (Wildman–Crippen LogP) is 2.35. The largest absolute Gasteiger partial charge is 0.424 e. The predicted molar refractivity (Wildman–Crippen MR) is 97.4 cm³/mol. The molecule has 0 aromatic carbocycles. The Kier molecular flexibility index (Phi) is 5.68. The van der Waals surface area contributed by atoms with Crippen LogP contribution in [0.2, 0.25) is 0 Å². The van der Waals surface area contributed by atoms with E-state index in [1.807, 2.05) is 19.1 Å². The molecule has 1 amide bonds. The summed E-state index contributed by atoms with van der Waals surface area (Å²) in [4.78, 5) is 28.8. The summed E-state index contributed by atoms with van der Waals surface area (Å²) in [5, 5.41) is 5.89. The van der Waals surface area contributed by atoms with Crippen LogP contribution in [0.5, 0.6) is 0 Å².